The number of halogens is 1. The smallest absolute Gasteiger partial charge is 0.126 e. The molecule has 1 aliphatic heterocycles. The molecule has 0 saturated heterocycles. The van der Waals surface area contributed by atoms with Crippen molar-refractivity contribution in [3.05, 3.63) is 71.7 Å². The number of aromatic nitrogens is 1. The summed E-state index contributed by atoms with van der Waals surface area (Å²) in [4.78, 5) is 14.6. The summed E-state index contributed by atoms with van der Waals surface area (Å²) >= 11 is 0. The minimum atomic E-state index is -0.198. The van der Waals surface area contributed by atoms with Crippen molar-refractivity contribution in [3.8, 4) is 22.4 Å². The SMILES string of the molecule is Cc1cc(-c2ncccc2-c2ccc3c(c2)C(=NC2CCCC2)CC(C)C=N3)ccc1F. The van der Waals surface area contributed by atoms with Crippen LogP contribution in [0.1, 0.15) is 50.2 Å². The van der Waals surface area contributed by atoms with Crippen LogP contribution in [-0.2, 0) is 0 Å². The lowest BCUT2D eigenvalue weighted by Crippen LogP contribution is -2.10. The molecule has 0 bridgehead atoms. The molecule has 2 aromatic carbocycles. The molecule has 0 N–H and O–H groups in total. The van der Waals surface area contributed by atoms with E-state index in [0.717, 1.165) is 40.1 Å². The third kappa shape index (κ3) is 4.14. The molecule has 0 radical (unpaired) electrons. The zero-order chi connectivity index (χ0) is 22.1. The van der Waals surface area contributed by atoms with E-state index in [4.69, 9.17) is 9.98 Å². The molecule has 1 atom stereocenters. The summed E-state index contributed by atoms with van der Waals surface area (Å²) in [6.45, 7) is 3.99. The van der Waals surface area contributed by atoms with Gasteiger partial charge in [0.05, 0.1) is 17.4 Å². The Bertz CT molecular complexity index is 1210. The quantitative estimate of drug-likeness (QED) is 0.433. The standard InChI is InChI=1S/C28H28FN3/c1-18-14-27(32-22-6-3-4-7-22)24-16-20(10-12-26(24)31-17-18)23-8-5-13-30-28(23)21-9-11-25(29)19(2)15-21/h5,8-13,15-18,22H,3-4,6-7,14H2,1-2H3. The molecule has 5 rings (SSSR count). The number of nitrogens with zero attached hydrogens (tertiary/aromatic N) is 3. The zero-order valence-corrected chi connectivity index (χ0v) is 18.7. The number of fused-ring (bicyclic) bond motifs is 1. The van der Waals surface area contributed by atoms with Crippen molar-refractivity contribution in [2.75, 3.05) is 0 Å². The summed E-state index contributed by atoms with van der Waals surface area (Å²) in [7, 11) is 0. The Hall–Kier alpha value is -3.14. The highest BCUT2D eigenvalue weighted by molar-refractivity contribution is 6.08. The molecule has 0 amide bonds. The molecule has 1 aromatic heterocycles. The summed E-state index contributed by atoms with van der Waals surface area (Å²) in [5, 5.41) is 0. The number of benzene rings is 2. The lowest BCUT2D eigenvalue weighted by Gasteiger charge is -2.15. The minimum Gasteiger partial charge on any atom is -0.286 e. The fourth-order valence-electron chi connectivity index (χ4n) is 4.76. The van der Waals surface area contributed by atoms with E-state index in [9.17, 15) is 4.39 Å². The minimum absolute atomic E-state index is 0.198. The molecule has 1 unspecified atom stereocenters. The van der Waals surface area contributed by atoms with Crippen molar-refractivity contribution >= 4 is 17.6 Å². The van der Waals surface area contributed by atoms with Gasteiger partial charge in [0.15, 0.2) is 0 Å². The second-order valence-electron chi connectivity index (χ2n) is 9.07. The first-order valence-electron chi connectivity index (χ1n) is 11.6. The van der Waals surface area contributed by atoms with Gasteiger partial charge in [-0.1, -0.05) is 31.9 Å². The van der Waals surface area contributed by atoms with Crippen LogP contribution in [0.4, 0.5) is 10.1 Å². The summed E-state index contributed by atoms with van der Waals surface area (Å²) in [5.74, 6) is 0.165. The molecule has 1 saturated carbocycles. The maximum absolute atomic E-state index is 13.9. The first-order valence-corrected chi connectivity index (χ1v) is 11.6. The van der Waals surface area contributed by atoms with Gasteiger partial charge in [-0.05, 0) is 79.6 Å². The fraction of sp³-hybridized carbons (Fsp3) is 0.321. The predicted molar refractivity (Wildman–Crippen MR) is 131 cm³/mol. The van der Waals surface area contributed by atoms with Gasteiger partial charge < -0.3 is 0 Å². The Morgan fingerprint density at radius 2 is 1.78 bits per heavy atom. The summed E-state index contributed by atoms with van der Waals surface area (Å²) in [5.41, 5.74) is 7.78. The molecular weight excluding hydrogens is 397 g/mol. The monoisotopic (exact) mass is 425 g/mol. The van der Waals surface area contributed by atoms with Crippen LogP contribution in [0.2, 0.25) is 0 Å². The summed E-state index contributed by atoms with van der Waals surface area (Å²) in [6.07, 6.45) is 9.67. The molecule has 32 heavy (non-hydrogen) atoms. The summed E-state index contributed by atoms with van der Waals surface area (Å²) < 4.78 is 13.9. The van der Waals surface area contributed by atoms with Crippen molar-refractivity contribution in [2.45, 2.75) is 52.0 Å². The predicted octanol–water partition coefficient (Wildman–Crippen LogP) is 7.34. The van der Waals surface area contributed by atoms with Crippen molar-refractivity contribution in [1.82, 2.24) is 4.98 Å². The highest BCUT2D eigenvalue weighted by Crippen LogP contribution is 2.36. The second kappa shape index (κ2) is 8.78. The number of rotatable bonds is 3. The molecule has 4 heteroatoms. The Kier molecular flexibility index (Phi) is 5.69. The Balaban J connectivity index is 1.61. The highest BCUT2D eigenvalue weighted by atomic mass is 19.1. The van der Waals surface area contributed by atoms with Crippen LogP contribution in [0.15, 0.2) is 64.7 Å². The van der Waals surface area contributed by atoms with E-state index in [-0.39, 0.29) is 5.82 Å². The van der Waals surface area contributed by atoms with Crippen LogP contribution < -0.4 is 0 Å². The third-order valence-corrected chi connectivity index (χ3v) is 6.50. The zero-order valence-electron chi connectivity index (χ0n) is 18.7. The van der Waals surface area contributed by atoms with Crippen LogP contribution in [0, 0.1) is 18.7 Å². The van der Waals surface area contributed by atoms with Crippen molar-refractivity contribution in [1.29, 1.82) is 0 Å². The van der Waals surface area contributed by atoms with Crippen LogP contribution in [0.5, 0.6) is 0 Å². The average molecular weight is 426 g/mol. The molecule has 3 nitrogen and oxygen atoms in total. The van der Waals surface area contributed by atoms with Crippen molar-refractivity contribution in [2.24, 2.45) is 15.9 Å². The van der Waals surface area contributed by atoms with Crippen LogP contribution in [-0.4, -0.2) is 23.0 Å². The number of aryl methyl sites for hydroxylation is 1. The van der Waals surface area contributed by atoms with Gasteiger partial charge in [0, 0.05) is 34.8 Å². The number of aliphatic imine (C=N–C) groups is 2. The molecule has 2 heterocycles. The maximum atomic E-state index is 13.9. The highest BCUT2D eigenvalue weighted by Gasteiger charge is 2.21. The molecular formula is C28H28FN3. The van der Waals surface area contributed by atoms with E-state index in [1.165, 1.54) is 37.5 Å². The molecule has 1 fully saturated rings. The normalized spacial score (nSPS) is 19.8. The molecule has 162 valence electrons. The molecule has 0 spiro atoms. The van der Waals surface area contributed by atoms with Gasteiger partial charge in [-0.15, -0.1) is 0 Å². The van der Waals surface area contributed by atoms with Crippen LogP contribution >= 0.6 is 0 Å². The van der Waals surface area contributed by atoms with Gasteiger partial charge in [0.1, 0.15) is 5.82 Å². The van der Waals surface area contributed by atoms with E-state index < -0.39 is 0 Å². The van der Waals surface area contributed by atoms with Gasteiger partial charge in [-0.25, -0.2) is 4.39 Å². The van der Waals surface area contributed by atoms with E-state index in [1.54, 1.807) is 19.2 Å². The molecule has 3 aromatic rings. The van der Waals surface area contributed by atoms with E-state index >= 15 is 0 Å². The lowest BCUT2D eigenvalue weighted by molar-refractivity contribution is 0.619. The van der Waals surface area contributed by atoms with Crippen molar-refractivity contribution < 1.29 is 4.39 Å². The van der Waals surface area contributed by atoms with Crippen LogP contribution in [0.25, 0.3) is 22.4 Å². The Morgan fingerprint density at radius 1 is 0.969 bits per heavy atom. The van der Waals surface area contributed by atoms with Gasteiger partial charge >= 0.3 is 0 Å². The van der Waals surface area contributed by atoms with Gasteiger partial charge in [0.25, 0.3) is 0 Å². The second-order valence-corrected chi connectivity index (χ2v) is 9.07. The van der Waals surface area contributed by atoms with Gasteiger partial charge in [-0.3, -0.25) is 15.0 Å². The lowest BCUT2D eigenvalue weighted by atomic mass is 9.93. The summed E-state index contributed by atoms with van der Waals surface area (Å²) in [6, 6.07) is 16.1. The van der Waals surface area contributed by atoms with E-state index in [1.807, 2.05) is 18.3 Å². The molecule has 1 aliphatic carbocycles. The van der Waals surface area contributed by atoms with Crippen LogP contribution in [0.3, 0.4) is 0 Å². The Labute approximate surface area is 189 Å². The third-order valence-electron chi connectivity index (χ3n) is 6.50. The average Bonchev–Trinajstić information content (AvgIpc) is 3.26. The maximum Gasteiger partial charge on any atom is 0.126 e. The van der Waals surface area contributed by atoms with Crippen molar-refractivity contribution in [3.63, 3.8) is 0 Å². The number of hydrogen-bond acceptors (Lipinski definition) is 3. The topological polar surface area (TPSA) is 37.6 Å². The Morgan fingerprint density at radius 3 is 2.59 bits per heavy atom. The van der Waals surface area contributed by atoms with E-state index in [0.29, 0.717) is 17.5 Å². The molecule has 2 aliphatic rings. The first kappa shape index (κ1) is 20.7. The van der Waals surface area contributed by atoms with Gasteiger partial charge in [-0.2, -0.15) is 0 Å². The largest absolute Gasteiger partial charge is 0.286 e. The first-order chi connectivity index (χ1) is 15.6. The number of hydrogen-bond donors (Lipinski definition) is 0. The van der Waals surface area contributed by atoms with Gasteiger partial charge in [0.2, 0.25) is 0 Å². The number of pyridine rings is 1. The fourth-order valence-corrected chi connectivity index (χ4v) is 4.76. The van der Waals surface area contributed by atoms with E-state index in [2.05, 4.69) is 36.2 Å².